The molecule has 0 fully saturated rings. The third-order valence-corrected chi connectivity index (χ3v) is 3.15. The van der Waals surface area contributed by atoms with Crippen LogP contribution in [0.5, 0.6) is 0 Å². The van der Waals surface area contributed by atoms with E-state index < -0.39 is 44.0 Å². The zero-order valence-electron chi connectivity index (χ0n) is 9.22. The Morgan fingerprint density at radius 2 is 1.47 bits per heavy atom. The second-order valence-electron chi connectivity index (χ2n) is 3.71. The van der Waals surface area contributed by atoms with Gasteiger partial charge in [0.15, 0.2) is 0 Å². The monoisotopic (exact) mass is 307 g/mol. The number of hydrogen-bond acceptors (Lipinski definition) is 2. The lowest BCUT2D eigenvalue weighted by atomic mass is 10.0. The lowest BCUT2D eigenvalue weighted by molar-refractivity contribution is -0.143. The van der Waals surface area contributed by atoms with Crippen molar-refractivity contribution in [3.05, 3.63) is 28.8 Å². The number of halogens is 6. The van der Waals surface area contributed by atoms with Crippen molar-refractivity contribution in [2.45, 2.75) is 24.2 Å². The van der Waals surface area contributed by atoms with Gasteiger partial charge in [0.2, 0.25) is 10.0 Å². The molecule has 0 bridgehead atoms. The smallest absolute Gasteiger partial charge is 0.225 e. The molecule has 10 heteroatoms. The minimum absolute atomic E-state index is 0.120. The molecule has 0 spiro atoms. The van der Waals surface area contributed by atoms with Crippen molar-refractivity contribution < 1.29 is 34.8 Å². The molecule has 2 N–H and O–H groups in total. The van der Waals surface area contributed by atoms with Gasteiger partial charge >= 0.3 is 12.4 Å². The molecule has 0 aromatic heterocycles. The third kappa shape index (κ3) is 3.38. The first-order valence-electron chi connectivity index (χ1n) is 4.56. The molecule has 0 unspecified atom stereocenters. The number of sulfonamides is 1. The SMILES string of the molecule is Cc1cc(C(F)(F)F)cc(S(N)(=O)=O)c1C(F)(F)F. The standard InChI is InChI=1S/C9H7F6NO2S/c1-4-2-5(8(10,11)12)3-6(19(16,17)18)7(4)9(13,14)15/h2-3H,1H3,(H2,16,17,18). The molecule has 1 aromatic rings. The molecule has 3 nitrogen and oxygen atoms in total. The van der Waals surface area contributed by atoms with E-state index in [0.717, 1.165) is 6.92 Å². The Morgan fingerprint density at radius 1 is 1.00 bits per heavy atom. The molecule has 0 heterocycles. The second-order valence-corrected chi connectivity index (χ2v) is 5.24. The maximum atomic E-state index is 12.7. The number of benzene rings is 1. The third-order valence-electron chi connectivity index (χ3n) is 2.22. The van der Waals surface area contributed by atoms with Gasteiger partial charge in [-0.05, 0) is 24.6 Å². The minimum Gasteiger partial charge on any atom is -0.225 e. The Bertz CT molecular complexity index is 602. The number of alkyl halides is 6. The van der Waals surface area contributed by atoms with E-state index in [1.54, 1.807) is 0 Å². The predicted molar refractivity (Wildman–Crippen MR) is 52.6 cm³/mol. The zero-order valence-corrected chi connectivity index (χ0v) is 10.0. The minimum atomic E-state index is -5.13. The van der Waals surface area contributed by atoms with Gasteiger partial charge in [0.05, 0.1) is 16.0 Å². The Balaban J connectivity index is 3.79. The van der Waals surface area contributed by atoms with E-state index in [1.165, 1.54) is 0 Å². The van der Waals surface area contributed by atoms with E-state index in [2.05, 4.69) is 5.14 Å². The van der Waals surface area contributed by atoms with Crippen LogP contribution < -0.4 is 5.14 Å². The largest absolute Gasteiger partial charge is 0.417 e. The summed E-state index contributed by atoms with van der Waals surface area (Å²) in [5, 5.41) is 4.54. The van der Waals surface area contributed by atoms with Crippen molar-refractivity contribution >= 4 is 10.0 Å². The van der Waals surface area contributed by atoms with E-state index in [0.29, 0.717) is 0 Å². The van der Waals surface area contributed by atoms with E-state index in [4.69, 9.17) is 0 Å². The molecular weight excluding hydrogens is 300 g/mol. The van der Waals surface area contributed by atoms with Crippen LogP contribution in [0.3, 0.4) is 0 Å². The molecule has 0 aliphatic rings. The summed E-state index contributed by atoms with van der Waals surface area (Å²) < 4.78 is 97.4. The van der Waals surface area contributed by atoms with Crippen LogP contribution in [0.1, 0.15) is 16.7 Å². The quantitative estimate of drug-likeness (QED) is 0.811. The van der Waals surface area contributed by atoms with Crippen LogP contribution in [0.2, 0.25) is 0 Å². The summed E-state index contributed by atoms with van der Waals surface area (Å²) in [6.07, 6.45) is -10.1. The molecule has 0 aliphatic heterocycles. The van der Waals surface area contributed by atoms with Gasteiger partial charge in [-0.15, -0.1) is 0 Å². The maximum Gasteiger partial charge on any atom is 0.417 e. The van der Waals surface area contributed by atoms with Crippen molar-refractivity contribution in [3.63, 3.8) is 0 Å². The molecule has 0 aliphatic carbocycles. The maximum absolute atomic E-state index is 12.7. The second kappa shape index (κ2) is 4.37. The molecule has 19 heavy (non-hydrogen) atoms. The predicted octanol–water partition coefficient (Wildman–Crippen LogP) is 2.68. The highest BCUT2D eigenvalue weighted by Gasteiger charge is 2.41. The van der Waals surface area contributed by atoms with Crippen molar-refractivity contribution in [2.24, 2.45) is 5.14 Å². The van der Waals surface area contributed by atoms with Gasteiger partial charge < -0.3 is 0 Å². The van der Waals surface area contributed by atoms with Gasteiger partial charge in [0.1, 0.15) is 0 Å². The fourth-order valence-electron chi connectivity index (χ4n) is 1.51. The van der Waals surface area contributed by atoms with E-state index in [-0.39, 0.29) is 12.1 Å². The first-order chi connectivity index (χ1) is 8.24. The van der Waals surface area contributed by atoms with Gasteiger partial charge in [0.25, 0.3) is 0 Å². The van der Waals surface area contributed by atoms with Crippen molar-refractivity contribution in [3.8, 4) is 0 Å². The van der Waals surface area contributed by atoms with Crippen LogP contribution in [0.4, 0.5) is 26.3 Å². The molecule has 0 radical (unpaired) electrons. The first kappa shape index (κ1) is 15.8. The Hall–Kier alpha value is -1.29. The highest BCUT2D eigenvalue weighted by atomic mass is 32.2. The Kier molecular flexibility index (Phi) is 3.63. The molecule has 108 valence electrons. The summed E-state index contributed by atoms with van der Waals surface area (Å²) in [7, 11) is -4.94. The lowest BCUT2D eigenvalue weighted by Gasteiger charge is -2.17. The van der Waals surface area contributed by atoms with Crippen molar-refractivity contribution in [1.29, 1.82) is 0 Å². The fourth-order valence-corrected chi connectivity index (χ4v) is 2.36. The number of rotatable bonds is 1. The molecule has 1 aromatic carbocycles. The van der Waals surface area contributed by atoms with Crippen LogP contribution in [-0.4, -0.2) is 8.42 Å². The highest BCUT2D eigenvalue weighted by molar-refractivity contribution is 7.89. The average Bonchev–Trinajstić information content (AvgIpc) is 2.11. The highest BCUT2D eigenvalue weighted by Crippen LogP contribution is 2.40. The van der Waals surface area contributed by atoms with Crippen LogP contribution in [0.15, 0.2) is 17.0 Å². The zero-order chi connectivity index (χ0) is 15.2. The summed E-state index contributed by atoms with van der Waals surface area (Å²) in [5.74, 6) is 0. The van der Waals surface area contributed by atoms with E-state index in [1.807, 2.05) is 0 Å². The molecule has 0 amide bonds. The molecule has 1 rings (SSSR count). The normalized spacial score (nSPS) is 13.7. The summed E-state index contributed by atoms with van der Waals surface area (Å²) in [6.45, 7) is 0.729. The lowest BCUT2D eigenvalue weighted by Crippen LogP contribution is -2.22. The number of hydrogen-bond donors (Lipinski definition) is 1. The number of aryl methyl sites for hydroxylation is 1. The topological polar surface area (TPSA) is 60.2 Å². The molecule has 0 saturated heterocycles. The van der Waals surface area contributed by atoms with Crippen LogP contribution in [0.25, 0.3) is 0 Å². The number of nitrogens with two attached hydrogens (primary N) is 1. The van der Waals surface area contributed by atoms with Crippen LogP contribution in [-0.2, 0) is 22.4 Å². The Labute approximate surface area is 104 Å². The van der Waals surface area contributed by atoms with Gasteiger partial charge in [-0.1, -0.05) is 0 Å². The van der Waals surface area contributed by atoms with Gasteiger partial charge in [-0.3, -0.25) is 0 Å². The average molecular weight is 307 g/mol. The fraction of sp³-hybridized carbons (Fsp3) is 0.333. The van der Waals surface area contributed by atoms with Crippen molar-refractivity contribution in [2.75, 3.05) is 0 Å². The first-order valence-corrected chi connectivity index (χ1v) is 6.11. The van der Waals surface area contributed by atoms with Gasteiger partial charge in [-0.25, -0.2) is 13.6 Å². The van der Waals surface area contributed by atoms with Gasteiger partial charge in [0, 0.05) is 0 Å². The molecule has 0 saturated carbocycles. The summed E-state index contributed by atoms with van der Waals surface area (Å²) >= 11 is 0. The van der Waals surface area contributed by atoms with Crippen molar-refractivity contribution in [1.82, 2.24) is 0 Å². The molecular formula is C9H7F6NO2S. The number of primary sulfonamides is 1. The van der Waals surface area contributed by atoms with Gasteiger partial charge in [-0.2, -0.15) is 26.3 Å². The van der Waals surface area contributed by atoms with E-state index >= 15 is 0 Å². The summed E-state index contributed by atoms with van der Waals surface area (Å²) in [4.78, 5) is -1.59. The van der Waals surface area contributed by atoms with E-state index in [9.17, 15) is 34.8 Å². The summed E-state index contributed by atoms with van der Waals surface area (Å²) in [5.41, 5.74) is -4.07. The van der Waals surface area contributed by atoms with Crippen LogP contribution in [0, 0.1) is 6.92 Å². The summed E-state index contributed by atoms with van der Waals surface area (Å²) in [6, 6.07) is 0.0999. The molecule has 0 atom stereocenters. The Morgan fingerprint density at radius 3 is 1.79 bits per heavy atom. The van der Waals surface area contributed by atoms with Crippen LogP contribution >= 0.6 is 0 Å².